The van der Waals surface area contributed by atoms with Gasteiger partial charge >= 0.3 is 118 Å². The average molecular weight is 1230 g/mol. The van der Waals surface area contributed by atoms with Gasteiger partial charge in [-0.3, -0.25) is 4.90 Å². The number of anilines is 10. The van der Waals surface area contributed by atoms with Crippen molar-refractivity contribution in [2.24, 2.45) is 0 Å². The summed E-state index contributed by atoms with van der Waals surface area (Å²) in [4.78, 5) is 23.9. The van der Waals surface area contributed by atoms with Gasteiger partial charge in [0.25, 0.3) is 0 Å². The minimum absolute atomic E-state index is 0. The molecule has 0 unspecified atom stereocenters. The van der Waals surface area contributed by atoms with Crippen LogP contribution in [0.15, 0.2) is 105 Å². The number of aromatic nitrogens is 6. The van der Waals surface area contributed by atoms with Gasteiger partial charge in [-0.25, -0.2) is 33.7 Å². The number of hydrogen-bond acceptors (Lipinski definition) is 30. The fourth-order valence-corrected chi connectivity index (χ4v) is 8.74. The van der Waals surface area contributed by atoms with Crippen molar-refractivity contribution in [3.8, 4) is 0 Å². The molecule has 2 heterocycles. The monoisotopic (exact) mass is 1230 g/mol. The van der Waals surface area contributed by atoms with Gasteiger partial charge in [-0.2, -0.15) is 29.9 Å². The van der Waals surface area contributed by atoms with E-state index in [2.05, 4.69) is 61.8 Å². The summed E-state index contributed by atoms with van der Waals surface area (Å²) in [6, 6.07) is 16.4. The summed E-state index contributed by atoms with van der Waals surface area (Å²) in [7, 11) is -20.1. The number of benzene rings is 4. The zero-order valence-electron chi connectivity index (χ0n) is 43.2. The zero-order chi connectivity index (χ0) is 55.7. The molecule has 0 aliphatic heterocycles. The van der Waals surface area contributed by atoms with Crippen molar-refractivity contribution in [3.05, 3.63) is 96.1 Å². The second-order valence-corrected chi connectivity index (χ2v) is 20.6. The largest absolute Gasteiger partial charge is 1.00 e. The summed E-state index contributed by atoms with van der Waals surface area (Å²) in [5.74, 6) is -1.14. The van der Waals surface area contributed by atoms with Crippen LogP contribution in [0.4, 0.5) is 58.4 Å². The molecule has 30 nitrogen and oxygen atoms in total. The van der Waals surface area contributed by atoms with Crippen molar-refractivity contribution in [3.63, 3.8) is 0 Å². The first kappa shape index (κ1) is 74.9. The summed E-state index contributed by atoms with van der Waals surface area (Å²) in [5.41, 5.74) is -0.420. The first-order valence-electron chi connectivity index (χ1n) is 21.8. The first-order chi connectivity index (χ1) is 35.9. The second-order valence-electron chi connectivity index (χ2n) is 15.1. The van der Waals surface area contributed by atoms with Gasteiger partial charge in [0.1, 0.15) is 40.5 Å². The van der Waals surface area contributed by atoms with E-state index in [0.717, 1.165) is 48.6 Å². The second kappa shape index (κ2) is 35.2. The topological polar surface area (TPSA) is 483 Å². The number of nitrogens with one attached hydrogen (secondary N) is 6. The molecular weight excluding hydrogens is 1180 g/mol. The van der Waals surface area contributed by atoms with Crippen LogP contribution in [-0.2, 0) is 40.5 Å². The van der Waals surface area contributed by atoms with Crippen LogP contribution in [0.2, 0.25) is 0 Å². The number of aliphatic hydroxyl groups excluding tert-OH is 5. The Morgan fingerprint density at radius 2 is 0.700 bits per heavy atom. The van der Waals surface area contributed by atoms with E-state index in [4.69, 9.17) is 15.3 Å². The smallest absolute Gasteiger partial charge is 0.744 e. The molecule has 0 fully saturated rings. The Balaban J connectivity index is 0.00000208. The standard InChI is InChI=1S/C36H36N12O14S4.C6H15NO3.4Na/c49-15-13-37-31-43-33(39-23-3-1-5-27(17-23)63(51,52)53)47-35(45-31)41-25-11-9-21(29(19-25)65(57,58)59)7-8-22-10-12-26(20-30(22)66(60,61)62)42-36-46-32(38-14-16-50)44-34(48-36)40-24-4-2-6-28(18-24)64(54,55)56;8-4-1-7(2-5-9)3-6-10;;;;/h1-12,17-20,49-50H,13-16H2,(H,51,52,53)(H,54,55,56)(H,57,58,59)(H,60,61,62)(H3,37,39,41,43,45,47)(H3,38,40,42,44,46,48);8-10H,1-6H2;;;;/q;;4*+1/p-4/b8-7+;;;;;. The summed E-state index contributed by atoms with van der Waals surface area (Å²) >= 11 is 0. The number of rotatable bonds is 26. The van der Waals surface area contributed by atoms with Crippen LogP contribution in [0, 0.1) is 0 Å². The van der Waals surface area contributed by atoms with Gasteiger partial charge in [0.15, 0.2) is 0 Å². The Morgan fingerprint density at radius 1 is 0.400 bits per heavy atom. The fraction of sp³-hybridized carbons (Fsp3) is 0.238. The Bertz CT molecular complexity index is 3250. The Labute approximate surface area is 548 Å². The molecule has 38 heteroatoms. The molecular formula is C42H47N13Na4O17S4. The molecule has 0 saturated carbocycles. The molecule has 410 valence electrons. The molecule has 4 aromatic carbocycles. The molecule has 0 atom stereocenters. The van der Waals surface area contributed by atoms with Gasteiger partial charge in [0.05, 0.1) is 52.6 Å². The molecule has 0 bridgehead atoms. The Kier molecular flexibility index (Phi) is 32.9. The molecule has 0 radical (unpaired) electrons. The summed E-state index contributed by atoms with van der Waals surface area (Å²) in [6.45, 7) is 1.03. The van der Waals surface area contributed by atoms with Crippen molar-refractivity contribution < 1.29 is 196 Å². The summed E-state index contributed by atoms with van der Waals surface area (Å²) < 4.78 is 144. The van der Waals surface area contributed by atoms with E-state index in [1.54, 1.807) is 4.90 Å². The van der Waals surface area contributed by atoms with Gasteiger partial charge in [-0.15, -0.1) is 0 Å². The van der Waals surface area contributed by atoms with Crippen molar-refractivity contribution in [1.29, 1.82) is 0 Å². The van der Waals surface area contributed by atoms with Crippen LogP contribution in [0.5, 0.6) is 0 Å². The Hall–Kier alpha value is -3.16. The third kappa shape index (κ3) is 24.6. The SMILES string of the molecule is O=S(=O)([O-])c1cccc(Nc2nc(NCCO)nc(Nc3ccc(/C=C/c4ccc(Nc5nc(NCCO)nc(Nc6cccc(S(=O)(=O)[O-])c6)n5)cc4S(=O)(=O)[O-])c(S(=O)(=O)[O-])c3)n2)c1.OCCN(CCO)CCO.[Na+].[Na+].[Na+].[Na+]. The molecule has 6 rings (SSSR count). The Morgan fingerprint density at radius 3 is 0.975 bits per heavy atom. The quantitative estimate of drug-likeness (QED) is 0.0136. The summed E-state index contributed by atoms with van der Waals surface area (Å²) in [6.07, 6.45) is 2.14. The average Bonchev–Trinajstić information content (AvgIpc) is 3.34. The number of hydrogen-bond donors (Lipinski definition) is 11. The van der Waals surface area contributed by atoms with Crippen molar-refractivity contribution in [1.82, 2.24) is 34.8 Å². The number of nitrogens with zero attached hydrogens (tertiary/aromatic N) is 7. The fourth-order valence-electron chi connectivity index (χ4n) is 6.32. The maximum Gasteiger partial charge on any atom is 1.00 e. The van der Waals surface area contributed by atoms with Crippen LogP contribution < -0.4 is 150 Å². The van der Waals surface area contributed by atoms with E-state index in [9.17, 15) is 62.1 Å². The van der Waals surface area contributed by atoms with E-state index in [1.807, 2.05) is 0 Å². The third-order valence-corrected chi connectivity index (χ3v) is 13.0. The molecule has 0 saturated heterocycles. The zero-order valence-corrected chi connectivity index (χ0v) is 54.5. The summed E-state index contributed by atoms with van der Waals surface area (Å²) in [5, 5.41) is 60.3. The molecule has 0 amide bonds. The normalized spacial score (nSPS) is 11.4. The van der Waals surface area contributed by atoms with Crippen molar-refractivity contribution in [2.45, 2.75) is 19.6 Å². The van der Waals surface area contributed by atoms with Crippen LogP contribution in [0.25, 0.3) is 12.2 Å². The van der Waals surface area contributed by atoms with Gasteiger partial charge in [0.2, 0.25) is 35.7 Å². The van der Waals surface area contributed by atoms with E-state index in [-0.39, 0.29) is 234 Å². The van der Waals surface area contributed by atoms with E-state index in [1.165, 1.54) is 48.5 Å². The molecule has 0 aliphatic carbocycles. The van der Waals surface area contributed by atoms with Gasteiger partial charge in [-0.05, 0) is 71.8 Å². The van der Waals surface area contributed by atoms with Gasteiger partial charge in [-0.1, -0.05) is 36.4 Å². The maximum absolute atomic E-state index is 12.5. The van der Waals surface area contributed by atoms with Crippen molar-refractivity contribution in [2.75, 3.05) is 97.7 Å². The minimum atomic E-state index is -5.25. The molecule has 6 aromatic rings. The van der Waals surface area contributed by atoms with Crippen LogP contribution in [-0.4, -0.2) is 178 Å². The number of aliphatic hydroxyl groups is 5. The third-order valence-electron chi connectivity index (χ3n) is 9.59. The molecule has 0 aliphatic rings. The van der Waals surface area contributed by atoms with Crippen LogP contribution in [0.1, 0.15) is 11.1 Å². The predicted molar refractivity (Wildman–Crippen MR) is 268 cm³/mol. The minimum Gasteiger partial charge on any atom is -0.744 e. The van der Waals surface area contributed by atoms with E-state index < -0.39 is 60.1 Å². The van der Waals surface area contributed by atoms with Crippen LogP contribution >= 0.6 is 0 Å². The first-order valence-corrected chi connectivity index (χ1v) is 27.4. The van der Waals surface area contributed by atoms with E-state index >= 15 is 0 Å². The maximum atomic E-state index is 12.5. The molecule has 2 aromatic heterocycles. The van der Waals surface area contributed by atoms with E-state index in [0.29, 0.717) is 19.6 Å². The van der Waals surface area contributed by atoms with Crippen molar-refractivity contribution >= 4 is 111 Å². The molecule has 11 N–H and O–H groups in total. The predicted octanol–water partition coefficient (Wildman–Crippen LogP) is -12.1. The molecule has 0 spiro atoms. The van der Waals surface area contributed by atoms with Crippen LogP contribution in [0.3, 0.4) is 0 Å². The molecule has 80 heavy (non-hydrogen) atoms. The van der Waals surface area contributed by atoms with Gasteiger partial charge < -0.3 is 75.6 Å². The van der Waals surface area contributed by atoms with Gasteiger partial charge in [0, 0.05) is 55.5 Å².